The Kier molecular flexibility index (Phi) is 6.65. The van der Waals surface area contributed by atoms with E-state index < -0.39 is 0 Å². The molecule has 3 fully saturated rings. The van der Waals surface area contributed by atoms with Crippen molar-refractivity contribution in [1.29, 1.82) is 0 Å². The quantitative estimate of drug-likeness (QED) is 0.585. The van der Waals surface area contributed by atoms with Crippen molar-refractivity contribution < 1.29 is 23.7 Å². The Morgan fingerprint density at radius 1 is 1.23 bits per heavy atom. The lowest BCUT2D eigenvalue weighted by atomic mass is 10.1. The number of amides is 1. The van der Waals surface area contributed by atoms with E-state index in [1.165, 1.54) is 12.8 Å². The van der Waals surface area contributed by atoms with Gasteiger partial charge < -0.3 is 30.0 Å². The van der Waals surface area contributed by atoms with Gasteiger partial charge in [0.05, 0.1) is 33.5 Å². The van der Waals surface area contributed by atoms with E-state index in [4.69, 9.17) is 24.7 Å². The van der Waals surface area contributed by atoms with Crippen LogP contribution in [0.5, 0.6) is 17.2 Å². The number of fused-ring (bicyclic) bond motifs is 1. The van der Waals surface area contributed by atoms with Crippen molar-refractivity contribution >= 4 is 5.91 Å². The van der Waals surface area contributed by atoms with E-state index >= 15 is 0 Å². The minimum absolute atomic E-state index is 0.113. The van der Waals surface area contributed by atoms with E-state index in [0.29, 0.717) is 48.1 Å². The molecule has 3 aliphatic rings. The van der Waals surface area contributed by atoms with E-state index in [-0.39, 0.29) is 11.9 Å². The van der Waals surface area contributed by atoms with Crippen LogP contribution in [0.1, 0.15) is 36.0 Å². The van der Waals surface area contributed by atoms with Gasteiger partial charge in [-0.25, -0.2) is 0 Å². The molecule has 1 saturated carbocycles. The summed E-state index contributed by atoms with van der Waals surface area (Å²) in [5.41, 5.74) is 6.03. The molecular formula is C22H33N3O5. The van der Waals surface area contributed by atoms with Gasteiger partial charge in [-0.3, -0.25) is 9.69 Å². The van der Waals surface area contributed by atoms with Crippen molar-refractivity contribution in [2.75, 3.05) is 47.1 Å². The highest BCUT2D eigenvalue weighted by Gasteiger charge is 2.42. The van der Waals surface area contributed by atoms with Gasteiger partial charge in [0, 0.05) is 30.7 Å². The van der Waals surface area contributed by atoms with Gasteiger partial charge >= 0.3 is 0 Å². The molecule has 4 rings (SSSR count). The maximum Gasteiger partial charge on any atom is 0.251 e. The van der Waals surface area contributed by atoms with Crippen molar-refractivity contribution in [3.63, 3.8) is 0 Å². The molecule has 0 aromatic heterocycles. The molecule has 8 nitrogen and oxygen atoms in total. The van der Waals surface area contributed by atoms with Crippen LogP contribution in [-0.4, -0.2) is 76.1 Å². The van der Waals surface area contributed by atoms with Gasteiger partial charge in [-0.1, -0.05) is 0 Å². The highest BCUT2D eigenvalue weighted by molar-refractivity contribution is 5.95. The predicted octanol–water partition coefficient (Wildman–Crippen LogP) is 1.41. The zero-order chi connectivity index (χ0) is 21.1. The Hall–Kier alpha value is -2.03. The average Bonchev–Trinajstić information content (AvgIpc) is 3.53. The lowest BCUT2D eigenvalue weighted by Crippen LogP contribution is -2.47. The summed E-state index contributed by atoms with van der Waals surface area (Å²) in [6.07, 6.45) is 4.59. The van der Waals surface area contributed by atoms with Crippen LogP contribution >= 0.6 is 0 Å². The summed E-state index contributed by atoms with van der Waals surface area (Å²) in [6.45, 7) is 3.62. The van der Waals surface area contributed by atoms with Crippen LogP contribution in [0.3, 0.4) is 0 Å². The van der Waals surface area contributed by atoms with Crippen LogP contribution in [0.15, 0.2) is 12.1 Å². The first-order valence-corrected chi connectivity index (χ1v) is 10.9. The fourth-order valence-corrected chi connectivity index (χ4v) is 4.44. The minimum atomic E-state index is -0.135. The molecule has 0 unspecified atom stereocenters. The topological polar surface area (TPSA) is 95.3 Å². The van der Waals surface area contributed by atoms with E-state index in [9.17, 15) is 4.79 Å². The molecule has 3 N–H and O–H groups in total. The van der Waals surface area contributed by atoms with Crippen molar-refractivity contribution in [1.82, 2.24) is 10.2 Å². The molecule has 1 aliphatic carbocycles. The number of nitrogens with zero attached hydrogens (tertiary/aromatic N) is 1. The van der Waals surface area contributed by atoms with Gasteiger partial charge in [-0.2, -0.15) is 0 Å². The van der Waals surface area contributed by atoms with E-state index in [0.717, 1.165) is 38.5 Å². The molecule has 2 saturated heterocycles. The van der Waals surface area contributed by atoms with Crippen LogP contribution in [0.25, 0.3) is 0 Å². The van der Waals surface area contributed by atoms with Crippen LogP contribution in [0, 0.1) is 5.92 Å². The monoisotopic (exact) mass is 419 g/mol. The molecule has 30 heavy (non-hydrogen) atoms. The number of carbonyl (C=O) groups is 1. The normalized spacial score (nSPS) is 26.2. The summed E-state index contributed by atoms with van der Waals surface area (Å²) in [5.74, 6) is 2.04. The minimum Gasteiger partial charge on any atom is -0.493 e. The molecule has 1 aromatic carbocycles. The van der Waals surface area contributed by atoms with Crippen molar-refractivity contribution in [2.24, 2.45) is 11.7 Å². The predicted molar refractivity (Wildman–Crippen MR) is 112 cm³/mol. The third kappa shape index (κ3) is 4.66. The lowest BCUT2D eigenvalue weighted by Gasteiger charge is -2.35. The number of morpholine rings is 1. The average molecular weight is 420 g/mol. The summed E-state index contributed by atoms with van der Waals surface area (Å²) in [4.78, 5) is 15.4. The molecule has 2 aliphatic heterocycles. The summed E-state index contributed by atoms with van der Waals surface area (Å²) in [6, 6.07) is 3.91. The van der Waals surface area contributed by atoms with E-state index in [1.54, 1.807) is 26.4 Å². The van der Waals surface area contributed by atoms with Crippen molar-refractivity contribution in [3.05, 3.63) is 17.7 Å². The first kappa shape index (κ1) is 21.2. The molecule has 1 aromatic rings. The Labute approximate surface area is 178 Å². The van der Waals surface area contributed by atoms with Gasteiger partial charge in [0.2, 0.25) is 5.75 Å². The Morgan fingerprint density at radius 3 is 2.60 bits per heavy atom. The number of benzene rings is 1. The molecular weight excluding hydrogens is 386 g/mol. The first-order chi connectivity index (χ1) is 14.6. The summed E-state index contributed by atoms with van der Waals surface area (Å²) in [7, 11) is 3.11. The maximum atomic E-state index is 13.0. The number of hydrogen-bond donors (Lipinski definition) is 2. The van der Waals surface area contributed by atoms with Crippen molar-refractivity contribution in [2.45, 2.75) is 43.9 Å². The third-order valence-corrected chi connectivity index (χ3v) is 6.25. The second kappa shape index (κ2) is 9.41. The van der Waals surface area contributed by atoms with Crippen molar-refractivity contribution in [3.8, 4) is 17.2 Å². The second-order valence-corrected chi connectivity index (χ2v) is 8.42. The highest BCUT2D eigenvalue weighted by atomic mass is 16.5. The number of rotatable bonds is 9. The molecule has 0 radical (unpaired) electrons. The molecule has 0 spiro atoms. The van der Waals surface area contributed by atoms with E-state index in [1.807, 2.05) is 0 Å². The standard InChI is InChI=1S/C22H33N3O5/c1-27-18-8-15(9-19(28-2)21(18)29-7-3-6-23)22(26)24-16-10-17-13-30-20(14-4-5-14)12-25(17)11-16/h8-9,14,16-17,20H,3-7,10-13,23H2,1-2H3,(H,24,26)/t16-,17+,20+/m1/s1. The first-order valence-electron chi connectivity index (χ1n) is 10.9. The van der Waals surface area contributed by atoms with Crippen LogP contribution < -0.4 is 25.3 Å². The number of nitrogens with two attached hydrogens (primary N) is 1. The molecule has 1 amide bonds. The zero-order valence-electron chi connectivity index (χ0n) is 17.9. The van der Waals surface area contributed by atoms with Gasteiger partial charge in [-0.05, 0) is 50.3 Å². The van der Waals surface area contributed by atoms with Crippen LogP contribution in [0.4, 0.5) is 0 Å². The third-order valence-electron chi connectivity index (χ3n) is 6.25. The zero-order valence-corrected chi connectivity index (χ0v) is 17.9. The maximum absolute atomic E-state index is 13.0. The van der Waals surface area contributed by atoms with Crippen LogP contribution in [0.2, 0.25) is 0 Å². The fraction of sp³-hybridized carbons (Fsp3) is 0.682. The number of ether oxygens (including phenoxy) is 4. The summed E-state index contributed by atoms with van der Waals surface area (Å²) in [5, 5.41) is 3.18. The smallest absolute Gasteiger partial charge is 0.251 e. The van der Waals surface area contributed by atoms with Gasteiger partial charge in [0.15, 0.2) is 11.5 Å². The number of methoxy groups -OCH3 is 2. The largest absolute Gasteiger partial charge is 0.493 e. The molecule has 2 heterocycles. The molecule has 3 atom stereocenters. The SMILES string of the molecule is COc1cc(C(=O)N[C@@H]2C[C@H]3CO[C@H](C4CC4)CN3C2)cc(OC)c1OCCCN. The Balaban J connectivity index is 1.40. The Bertz CT molecular complexity index is 729. The number of carbonyl (C=O) groups excluding carboxylic acids is 1. The second-order valence-electron chi connectivity index (χ2n) is 8.42. The lowest BCUT2D eigenvalue weighted by molar-refractivity contribution is -0.0581. The van der Waals surface area contributed by atoms with E-state index in [2.05, 4.69) is 10.2 Å². The van der Waals surface area contributed by atoms with Gasteiger partial charge in [-0.15, -0.1) is 0 Å². The Morgan fingerprint density at radius 2 is 1.97 bits per heavy atom. The van der Waals surface area contributed by atoms with Gasteiger partial charge in [0.1, 0.15) is 0 Å². The number of nitrogens with one attached hydrogen (secondary N) is 1. The molecule has 8 heteroatoms. The molecule has 0 bridgehead atoms. The highest BCUT2D eigenvalue weighted by Crippen LogP contribution is 2.39. The molecule has 166 valence electrons. The summed E-state index contributed by atoms with van der Waals surface area (Å²) >= 11 is 0. The number of hydrogen-bond acceptors (Lipinski definition) is 7. The summed E-state index contributed by atoms with van der Waals surface area (Å²) < 4.78 is 22.7. The van der Waals surface area contributed by atoms with Crippen LogP contribution in [-0.2, 0) is 4.74 Å². The fourth-order valence-electron chi connectivity index (χ4n) is 4.44. The van der Waals surface area contributed by atoms with Gasteiger partial charge in [0.25, 0.3) is 5.91 Å².